The van der Waals surface area contributed by atoms with Crippen LogP contribution in [0.4, 0.5) is 0 Å². The number of rotatable bonds is 6. The zero-order valence-corrected chi connectivity index (χ0v) is 32.9. The monoisotopic (exact) mass is 754 g/mol. The quantitative estimate of drug-likeness (QED) is 0.133. The van der Waals surface area contributed by atoms with Crippen LogP contribution in [0.2, 0.25) is 0 Å². The second kappa shape index (κ2) is 13.4. The summed E-state index contributed by atoms with van der Waals surface area (Å²) in [5.41, 5.74) is -0.423. The van der Waals surface area contributed by atoms with Gasteiger partial charge in [0.05, 0.1) is 24.4 Å². The zero-order chi connectivity index (χ0) is 39.4. The summed E-state index contributed by atoms with van der Waals surface area (Å²) in [6.07, 6.45) is -1.72. The fourth-order valence-electron chi connectivity index (χ4n) is 13.2. The molecule has 11 heteroatoms. The summed E-state index contributed by atoms with van der Waals surface area (Å²) < 4.78 is 18.1. The Morgan fingerprint density at radius 2 is 1.52 bits per heavy atom. The number of carboxylic acid groups (broad SMARTS) is 1. The van der Waals surface area contributed by atoms with Gasteiger partial charge >= 0.3 is 11.9 Å². The fraction of sp³-hybridized carbons (Fsp3) is 0.767. The molecule has 1 aromatic carbocycles. The van der Waals surface area contributed by atoms with Crippen molar-refractivity contribution in [3.05, 3.63) is 47.5 Å². The molecule has 11 nitrogen and oxygen atoms in total. The molecule has 0 spiro atoms. The summed E-state index contributed by atoms with van der Waals surface area (Å²) in [4.78, 5) is 25.1. The summed E-state index contributed by atoms with van der Waals surface area (Å²) in [6.45, 7) is 15.6. The van der Waals surface area contributed by atoms with Crippen LogP contribution in [0.3, 0.4) is 0 Å². The van der Waals surface area contributed by atoms with Crippen LogP contribution in [0.25, 0.3) is 0 Å². The Balaban J connectivity index is 1.16. The van der Waals surface area contributed by atoms with Crippen molar-refractivity contribution in [1.82, 2.24) is 0 Å². The fourth-order valence-corrected chi connectivity index (χ4v) is 13.2. The molecule has 0 aromatic heterocycles. The van der Waals surface area contributed by atoms with Gasteiger partial charge in [-0.05, 0) is 103 Å². The maximum absolute atomic E-state index is 13.3. The Kier molecular flexibility index (Phi) is 9.85. The zero-order valence-electron chi connectivity index (χ0n) is 32.9. The van der Waals surface area contributed by atoms with Crippen molar-refractivity contribution < 1.29 is 54.4 Å². The third kappa shape index (κ3) is 5.69. The molecule has 15 unspecified atom stereocenters. The number of benzene rings is 1. The highest BCUT2D eigenvalue weighted by Crippen LogP contribution is 2.76. The standard InChI is InChI=1S/C43H62O11/c1-38(2)19-25-24-13-14-27-40(5)17-16-29(53-37-33(48)31(46)32(47)34(54-37)35(49)50)39(3,4)26(40)15-18-41(27,6)42(24,7)20-28(45)43(25,22-44)21-30(38)52-36(51)23-11-9-8-10-12-23/h8-13,25-34,37,44-48H,14-22H2,1-7H3,(H,49,50). The topological polar surface area (TPSA) is 183 Å². The van der Waals surface area contributed by atoms with E-state index in [9.17, 15) is 40.2 Å². The van der Waals surface area contributed by atoms with Gasteiger partial charge in [-0.3, -0.25) is 0 Å². The van der Waals surface area contributed by atoms with Crippen molar-refractivity contribution in [3.8, 4) is 0 Å². The molecule has 15 atom stereocenters. The summed E-state index contributed by atoms with van der Waals surface area (Å²) in [7, 11) is 0. The van der Waals surface area contributed by atoms with Gasteiger partial charge in [-0.15, -0.1) is 0 Å². The van der Waals surface area contributed by atoms with Gasteiger partial charge in [-0.1, -0.05) is 78.3 Å². The van der Waals surface area contributed by atoms with Gasteiger partial charge in [0, 0.05) is 10.8 Å². The first-order chi connectivity index (χ1) is 25.2. The molecule has 6 aliphatic rings. The molecular formula is C43H62O11. The molecule has 6 N–H and O–H groups in total. The average molecular weight is 755 g/mol. The normalized spacial score (nSPS) is 47.9. The van der Waals surface area contributed by atoms with Gasteiger partial charge in [0.1, 0.15) is 24.4 Å². The minimum absolute atomic E-state index is 0.0766. The highest BCUT2D eigenvalue weighted by atomic mass is 16.7. The molecule has 0 bridgehead atoms. The summed E-state index contributed by atoms with van der Waals surface area (Å²) in [5.74, 6) is -1.40. The van der Waals surface area contributed by atoms with E-state index < -0.39 is 71.2 Å². The van der Waals surface area contributed by atoms with Gasteiger partial charge in [0.25, 0.3) is 0 Å². The van der Waals surface area contributed by atoms with Crippen molar-refractivity contribution in [1.29, 1.82) is 0 Å². The first kappa shape index (κ1) is 39.8. The third-order valence-corrected chi connectivity index (χ3v) is 16.6. The van der Waals surface area contributed by atoms with Crippen LogP contribution in [-0.4, -0.2) is 98.2 Å². The second-order valence-electron chi connectivity index (χ2n) is 19.8. The number of aliphatic carboxylic acids is 1. The Hall–Kier alpha value is -2.38. The van der Waals surface area contributed by atoms with Crippen LogP contribution in [-0.2, 0) is 19.0 Å². The minimum atomic E-state index is -1.78. The Labute approximate surface area is 319 Å². The van der Waals surface area contributed by atoms with E-state index in [2.05, 4.69) is 54.5 Å². The number of allylic oxidation sites excluding steroid dienone is 2. The average Bonchev–Trinajstić information content (AvgIpc) is 3.10. The number of carboxylic acids is 1. The molecule has 1 saturated heterocycles. The van der Waals surface area contributed by atoms with Crippen molar-refractivity contribution in [2.24, 2.45) is 50.2 Å². The van der Waals surface area contributed by atoms with E-state index in [-0.39, 0.29) is 46.6 Å². The lowest BCUT2D eigenvalue weighted by Crippen LogP contribution is -2.68. The van der Waals surface area contributed by atoms with Crippen LogP contribution < -0.4 is 0 Å². The minimum Gasteiger partial charge on any atom is -0.479 e. The SMILES string of the molecule is CC1(C)CC2C3=CCC4C5(C)CCC(OC6OC(C(=O)O)C(O)C(O)C6O)C(C)(C)C5CCC4(C)C3(C)CC(O)C2(CO)CC1OC(=O)c1ccccc1. The molecule has 5 fully saturated rings. The highest BCUT2D eigenvalue weighted by Gasteiger charge is 2.71. The summed E-state index contributed by atoms with van der Waals surface area (Å²) in [6, 6.07) is 8.97. The van der Waals surface area contributed by atoms with E-state index in [4.69, 9.17) is 14.2 Å². The number of ether oxygens (including phenoxy) is 3. The Morgan fingerprint density at radius 1 is 0.833 bits per heavy atom. The number of hydrogen-bond donors (Lipinski definition) is 6. The number of fused-ring (bicyclic) bond motifs is 7. The Bertz CT molecular complexity index is 1640. The van der Waals surface area contributed by atoms with Crippen LogP contribution >= 0.6 is 0 Å². The molecule has 5 aliphatic carbocycles. The molecule has 1 aromatic rings. The molecule has 7 rings (SSSR count). The molecule has 1 aliphatic heterocycles. The third-order valence-electron chi connectivity index (χ3n) is 16.6. The van der Waals surface area contributed by atoms with Gasteiger partial charge in [-0.25, -0.2) is 9.59 Å². The molecule has 300 valence electrons. The number of carbonyl (C=O) groups excluding carboxylic acids is 1. The lowest BCUT2D eigenvalue weighted by Gasteiger charge is -2.72. The van der Waals surface area contributed by atoms with E-state index in [0.717, 1.165) is 25.7 Å². The van der Waals surface area contributed by atoms with Crippen LogP contribution in [0, 0.1) is 50.2 Å². The first-order valence-corrected chi connectivity index (χ1v) is 20.0. The smallest absolute Gasteiger partial charge is 0.338 e. The van der Waals surface area contributed by atoms with Gasteiger partial charge in [0.2, 0.25) is 0 Å². The molecule has 1 heterocycles. The molecular weight excluding hydrogens is 692 g/mol. The number of aliphatic hydroxyl groups excluding tert-OH is 5. The van der Waals surface area contributed by atoms with Crippen LogP contribution in [0.15, 0.2) is 42.0 Å². The van der Waals surface area contributed by atoms with Gasteiger partial charge in [0.15, 0.2) is 12.4 Å². The van der Waals surface area contributed by atoms with E-state index in [1.54, 1.807) is 12.1 Å². The second-order valence-corrected chi connectivity index (χ2v) is 19.8. The highest BCUT2D eigenvalue weighted by molar-refractivity contribution is 5.89. The van der Waals surface area contributed by atoms with Crippen molar-refractivity contribution >= 4 is 11.9 Å². The summed E-state index contributed by atoms with van der Waals surface area (Å²) in [5, 5.41) is 64.6. The lowest BCUT2D eigenvalue weighted by molar-refractivity contribution is -0.324. The maximum atomic E-state index is 13.3. The van der Waals surface area contributed by atoms with Crippen molar-refractivity contribution in [3.63, 3.8) is 0 Å². The van der Waals surface area contributed by atoms with E-state index in [1.807, 2.05) is 18.2 Å². The largest absolute Gasteiger partial charge is 0.479 e. The molecule has 54 heavy (non-hydrogen) atoms. The predicted octanol–water partition coefficient (Wildman–Crippen LogP) is 4.86. The van der Waals surface area contributed by atoms with Gasteiger partial charge in [-0.2, -0.15) is 0 Å². The maximum Gasteiger partial charge on any atom is 0.338 e. The van der Waals surface area contributed by atoms with Crippen LogP contribution in [0.5, 0.6) is 0 Å². The summed E-state index contributed by atoms with van der Waals surface area (Å²) >= 11 is 0. The van der Waals surface area contributed by atoms with Gasteiger partial charge < -0.3 is 44.8 Å². The van der Waals surface area contributed by atoms with E-state index in [0.29, 0.717) is 31.2 Å². The van der Waals surface area contributed by atoms with Crippen LogP contribution in [0.1, 0.15) is 110 Å². The molecule has 0 radical (unpaired) electrons. The van der Waals surface area contributed by atoms with Crippen molar-refractivity contribution in [2.45, 2.75) is 149 Å². The first-order valence-electron chi connectivity index (χ1n) is 20.0. The van der Waals surface area contributed by atoms with E-state index in [1.165, 1.54) is 5.57 Å². The number of carbonyl (C=O) groups is 2. The van der Waals surface area contributed by atoms with E-state index >= 15 is 0 Å². The Morgan fingerprint density at radius 3 is 2.17 bits per heavy atom. The number of esters is 1. The number of hydrogen-bond acceptors (Lipinski definition) is 10. The molecule has 0 amide bonds. The number of aliphatic hydroxyl groups is 5. The predicted molar refractivity (Wildman–Crippen MR) is 198 cm³/mol. The van der Waals surface area contributed by atoms with Crippen molar-refractivity contribution in [2.75, 3.05) is 6.61 Å². The lowest BCUT2D eigenvalue weighted by atomic mass is 9.33. The molecule has 4 saturated carbocycles.